The Morgan fingerprint density at radius 2 is 2.17 bits per heavy atom. The fourth-order valence-corrected chi connectivity index (χ4v) is 1.90. The van der Waals surface area contributed by atoms with E-state index in [-0.39, 0.29) is 5.91 Å². The van der Waals surface area contributed by atoms with E-state index in [1.54, 1.807) is 24.9 Å². The summed E-state index contributed by atoms with van der Waals surface area (Å²) in [6.45, 7) is 0. The van der Waals surface area contributed by atoms with Crippen LogP contribution in [0.5, 0.6) is 0 Å². The molecule has 0 saturated carbocycles. The predicted octanol–water partition coefficient (Wildman–Crippen LogP) is 0.881. The van der Waals surface area contributed by atoms with E-state index >= 15 is 0 Å². The molecule has 0 spiro atoms. The fourth-order valence-electron chi connectivity index (χ4n) is 1.90. The molecule has 2 aromatic heterocycles. The maximum absolute atomic E-state index is 11.1. The lowest BCUT2D eigenvalue weighted by Crippen LogP contribution is -2.26. The first-order valence-corrected chi connectivity index (χ1v) is 5.63. The highest BCUT2D eigenvalue weighted by Crippen LogP contribution is 2.17. The van der Waals surface area contributed by atoms with Crippen molar-refractivity contribution in [3.63, 3.8) is 0 Å². The van der Waals surface area contributed by atoms with Gasteiger partial charge in [-0.2, -0.15) is 5.10 Å². The number of carbonyl (C=O) groups is 1. The number of hydrogen-bond donors (Lipinski definition) is 1. The summed E-state index contributed by atoms with van der Waals surface area (Å²) in [5, 5.41) is 4.09. The maximum atomic E-state index is 11.1. The van der Waals surface area contributed by atoms with Gasteiger partial charge in [0.05, 0.1) is 17.7 Å². The zero-order valence-electron chi connectivity index (χ0n) is 9.58. The Balaban J connectivity index is 2.05. The standard InChI is InChI=1S/C12H11N5O/c18-12-2-1-10(15-16-12)9-7-13-4-3-11(9)17-6-5-14-8-17/h3-8H,1-2H2,(H,16,18). The quantitative estimate of drug-likeness (QED) is 0.848. The molecule has 0 saturated heterocycles. The summed E-state index contributed by atoms with van der Waals surface area (Å²) >= 11 is 0. The molecule has 0 bridgehead atoms. The molecule has 0 aromatic carbocycles. The number of nitrogens with zero attached hydrogens (tertiary/aromatic N) is 4. The molecule has 1 aliphatic rings. The van der Waals surface area contributed by atoms with Crippen molar-refractivity contribution < 1.29 is 4.79 Å². The molecule has 0 unspecified atom stereocenters. The maximum Gasteiger partial charge on any atom is 0.240 e. The lowest BCUT2D eigenvalue weighted by atomic mass is 10.0. The van der Waals surface area contributed by atoms with Crippen molar-refractivity contribution in [3.8, 4) is 5.69 Å². The molecule has 0 aliphatic carbocycles. The Labute approximate surface area is 103 Å². The topological polar surface area (TPSA) is 72.2 Å². The third-order valence-corrected chi connectivity index (χ3v) is 2.80. The van der Waals surface area contributed by atoms with Crippen LogP contribution in [0.4, 0.5) is 0 Å². The number of pyridine rings is 1. The van der Waals surface area contributed by atoms with Gasteiger partial charge in [-0.05, 0) is 6.07 Å². The molecule has 2 aromatic rings. The van der Waals surface area contributed by atoms with E-state index in [9.17, 15) is 4.79 Å². The normalized spacial score (nSPS) is 15.1. The average molecular weight is 241 g/mol. The van der Waals surface area contributed by atoms with Gasteiger partial charge in [0.15, 0.2) is 0 Å². The smallest absolute Gasteiger partial charge is 0.240 e. The first-order chi connectivity index (χ1) is 8.84. The number of carbonyl (C=O) groups excluding carboxylic acids is 1. The Hall–Kier alpha value is -2.50. The third kappa shape index (κ3) is 1.88. The predicted molar refractivity (Wildman–Crippen MR) is 65.3 cm³/mol. The van der Waals surface area contributed by atoms with Crippen molar-refractivity contribution >= 4 is 11.6 Å². The summed E-state index contributed by atoms with van der Waals surface area (Å²) in [4.78, 5) is 19.3. The highest BCUT2D eigenvalue weighted by molar-refractivity contribution is 6.06. The molecule has 1 N–H and O–H groups in total. The summed E-state index contributed by atoms with van der Waals surface area (Å²) < 4.78 is 1.90. The number of nitrogens with one attached hydrogen (secondary N) is 1. The van der Waals surface area contributed by atoms with Gasteiger partial charge in [-0.3, -0.25) is 9.78 Å². The number of aromatic nitrogens is 3. The highest BCUT2D eigenvalue weighted by atomic mass is 16.2. The molecule has 1 amide bonds. The van der Waals surface area contributed by atoms with E-state index in [0.717, 1.165) is 17.0 Å². The highest BCUT2D eigenvalue weighted by Gasteiger charge is 2.16. The zero-order valence-corrected chi connectivity index (χ0v) is 9.58. The first kappa shape index (κ1) is 10.6. The van der Waals surface area contributed by atoms with Gasteiger partial charge < -0.3 is 4.57 Å². The molecule has 90 valence electrons. The summed E-state index contributed by atoms with van der Waals surface area (Å²) in [5.74, 6) is -0.0492. The molecule has 6 nitrogen and oxygen atoms in total. The molecule has 6 heteroatoms. The molecule has 3 heterocycles. The second-order valence-corrected chi connectivity index (χ2v) is 3.96. The van der Waals surface area contributed by atoms with Gasteiger partial charge in [-0.25, -0.2) is 10.4 Å². The van der Waals surface area contributed by atoms with Crippen LogP contribution < -0.4 is 5.43 Å². The summed E-state index contributed by atoms with van der Waals surface area (Å²) in [5.41, 5.74) is 5.21. The van der Waals surface area contributed by atoms with Crippen LogP contribution in [0.1, 0.15) is 18.4 Å². The number of imidazole rings is 1. The van der Waals surface area contributed by atoms with Gasteiger partial charge >= 0.3 is 0 Å². The van der Waals surface area contributed by atoms with Crippen LogP contribution >= 0.6 is 0 Å². The largest absolute Gasteiger partial charge is 0.306 e. The summed E-state index contributed by atoms with van der Waals surface area (Å²) in [7, 11) is 0. The lowest BCUT2D eigenvalue weighted by Gasteiger charge is -2.15. The van der Waals surface area contributed by atoms with Crippen LogP contribution in [-0.2, 0) is 4.79 Å². The molecule has 1 aliphatic heterocycles. The Bertz CT molecular complexity index is 603. The van der Waals surface area contributed by atoms with Gasteiger partial charge in [-0.15, -0.1) is 0 Å². The second-order valence-electron chi connectivity index (χ2n) is 3.96. The van der Waals surface area contributed by atoms with E-state index < -0.39 is 0 Å². The minimum absolute atomic E-state index is 0.0492. The van der Waals surface area contributed by atoms with Crippen molar-refractivity contribution in [2.45, 2.75) is 12.8 Å². The summed E-state index contributed by atoms with van der Waals surface area (Å²) in [6.07, 6.45) is 9.86. The molecular weight excluding hydrogens is 230 g/mol. The van der Waals surface area contributed by atoms with Gasteiger partial charge in [0.1, 0.15) is 0 Å². The van der Waals surface area contributed by atoms with Gasteiger partial charge in [0, 0.05) is 43.2 Å². The van der Waals surface area contributed by atoms with Crippen LogP contribution in [0.15, 0.2) is 42.3 Å². The Morgan fingerprint density at radius 1 is 1.22 bits per heavy atom. The van der Waals surface area contributed by atoms with Crippen molar-refractivity contribution in [3.05, 3.63) is 42.7 Å². The second kappa shape index (κ2) is 4.40. The van der Waals surface area contributed by atoms with Crippen molar-refractivity contribution in [2.75, 3.05) is 0 Å². The number of hydrazone groups is 1. The van der Waals surface area contributed by atoms with Gasteiger partial charge in [0.2, 0.25) is 5.91 Å². The van der Waals surface area contributed by atoms with Crippen molar-refractivity contribution in [2.24, 2.45) is 5.10 Å². The SMILES string of the molecule is O=C1CCC(c2cnccc2-n2ccnc2)=NN1. The monoisotopic (exact) mass is 241 g/mol. The van der Waals surface area contributed by atoms with E-state index in [2.05, 4.69) is 20.5 Å². The molecule has 0 atom stereocenters. The van der Waals surface area contributed by atoms with Crippen molar-refractivity contribution in [1.82, 2.24) is 20.0 Å². The molecule has 0 fully saturated rings. The lowest BCUT2D eigenvalue weighted by molar-refractivity contribution is -0.121. The van der Waals surface area contributed by atoms with E-state index in [4.69, 9.17) is 0 Å². The third-order valence-electron chi connectivity index (χ3n) is 2.80. The van der Waals surface area contributed by atoms with Crippen molar-refractivity contribution in [1.29, 1.82) is 0 Å². The first-order valence-electron chi connectivity index (χ1n) is 5.63. The van der Waals surface area contributed by atoms with Crippen LogP contribution in [0.2, 0.25) is 0 Å². The van der Waals surface area contributed by atoms with Crippen LogP contribution in [0.25, 0.3) is 5.69 Å². The minimum atomic E-state index is -0.0492. The molecule has 3 rings (SSSR count). The van der Waals surface area contributed by atoms with E-state index in [1.807, 2.05) is 16.8 Å². The average Bonchev–Trinajstić information content (AvgIpc) is 2.93. The molecule has 18 heavy (non-hydrogen) atoms. The van der Waals surface area contributed by atoms with E-state index in [0.29, 0.717) is 12.8 Å². The fraction of sp³-hybridized carbons (Fsp3) is 0.167. The van der Waals surface area contributed by atoms with Gasteiger partial charge in [0.25, 0.3) is 0 Å². The van der Waals surface area contributed by atoms with Crippen LogP contribution in [0.3, 0.4) is 0 Å². The molecular formula is C12H11N5O. The summed E-state index contributed by atoms with van der Waals surface area (Å²) in [6, 6.07) is 1.90. The number of rotatable bonds is 2. The Morgan fingerprint density at radius 3 is 2.89 bits per heavy atom. The van der Waals surface area contributed by atoms with Gasteiger partial charge in [-0.1, -0.05) is 0 Å². The minimum Gasteiger partial charge on any atom is -0.306 e. The van der Waals surface area contributed by atoms with Crippen LogP contribution in [-0.4, -0.2) is 26.2 Å². The van der Waals surface area contributed by atoms with Crippen LogP contribution in [0, 0.1) is 0 Å². The Kier molecular flexibility index (Phi) is 2.60. The van der Waals surface area contributed by atoms with E-state index in [1.165, 1.54) is 0 Å². The number of hydrogen-bond acceptors (Lipinski definition) is 4. The number of amides is 1. The zero-order chi connectivity index (χ0) is 12.4. The molecule has 0 radical (unpaired) electrons.